The molecular formula is C56H61Br3F10N10O9. The molecule has 5 N–H and O–H groups in total. The number of fused-ring (bicyclic) bond motifs is 2. The van der Waals surface area contributed by atoms with Gasteiger partial charge >= 0.3 is 0 Å². The van der Waals surface area contributed by atoms with Crippen molar-refractivity contribution in [1.82, 2.24) is 33.7 Å². The van der Waals surface area contributed by atoms with Gasteiger partial charge in [-0.3, -0.25) is 9.59 Å². The fraction of sp³-hybridized carbons (Fsp3) is 0.446. The van der Waals surface area contributed by atoms with Gasteiger partial charge in [0.2, 0.25) is 0 Å². The van der Waals surface area contributed by atoms with Crippen LogP contribution in [0.5, 0.6) is 23.0 Å². The minimum atomic E-state index is -2.82. The third kappa shape index (κ3) is 23.1. The average molecular weight is 1450 g/mol. The van der Waals surface area contributed by atoms with Gasteiger partial charge in [0, 0.05) is 110 Å². The number of carbonyl (C=O) groups excluding carboxylic acids is 2. The highest BCUT2D eigenvalue weighted by molar-refractivity contribution is 9.10. The third-order valence-electron chi connectivity index (χ3n) is 12.7. The number of Topliss-reactive ketones (excluding diaryl/α,β-unsaturated/α-hetero) is 1. The minimum Gasteiger partial charge on any atom is -0.484 e. The second kappa shape index (κ2) is 36.1. The lowest BCUT2D eigenvalue weighted by Crippen LogP contribution is -2.23. The Kier molecular flexibility index (Phi) is 29.0. The van der Waals surface area contributed by atoms with Crippen LogP contribution in [-0.4, -0.2) is 143 Å². The third-order valence-corrected chi connectivity index (χ3v) is 14.1. The number of hydrogen-bond acceptors (Lipinski definition) is 16. The van der Waals surface area contributed by atoms with E-state index >= 15 is 0 Å². The molecule has 0 aliphatic carbocycles. The molecule has 32 heteroatoms. The molecule has 0 aromatic carbocycles. The highest BCUT2D eigenvalue weighted by Crippen LogP contribution is 2.33. The number of ketones is 1. The molecular weight excluding hydrogens is 1390 g/mol. The van der Waals surface area contributed by atoms with Gasteiger partial charge < -0.3 is 58.7 Å². The molecule has 3 saturated heterocycles. The van der Waals surface area contributed by atoms with Gasteiger partial charge in [-0.05, 0) is 107 Å². The summed E-state index contributed by atoms with van der Waals surface area (Å²) in [7, 11) is 0. The zero-order valence-corrected chi connectivity index (χ0v) is 51.4. The molecule has 19 nitrogen and oxygen atoms in total. The summed E-state index contributed by atoms with van der Waals surface area (Å²) in [4.78, 5) is 43.8. The number of nitrogen functional groups attached to an aromatic ring is 2. The number of nitrogens with zero attached hydrogens (tertiary/aromatic N) is 7. The van der Waals surface area contributed by atoms with Gasteiger partial charge in [0.25, 0.3) is 38.0 Å². The van der Waals surface area contributed by atoms with Crippen molar-refractivity contribution >= 4 is 88.1 Å². The predicted molar refractivity (Wildman–Crippen MR) is 314 cm³/mol. The fourth-order valence-electron chi connectivity index (χ4n) is 8.51. The zero-order valence-electron chi connectivity index (χ0n) is 46.6. The first-order valence-corrected chi connectivity index (χ1v) is 29.7. The van der Waals surface area contributed by atoms with Crippen LogP contribution in [0.4, 0.5) is 61.2 Å². The van der Waals surface area contributed by atoms with E-state index in [1.54, 1.807) is 28.9 Å². The van der Waals surface area contributed by atoms with Gasteiger partial charge in [0.15, 0.2) is 45.9 Å². The van der Waals surface area contributed by atoms with Crippen LogP contribution in [0.2, 0.25) is 0 Å². The van der Waals surface area contributed by atoms with E-state index in [9.17, 15) is 53.5 Å². The van der Waals surface area contributed by atoms with Crippen LogP contribution in [0.3, 0.4) is 0 Å². The number of nitrogens with two attached hydrogens (primary N) is 2. The standard InChI is InChI=1S/C21H20F4N4O3.C14H15BrF2N2O2.C7H7BrF2N2O.C7H11BrO2.C7H8F2N2O/c22-18(23)11-32-17-8-13(26-21(30)15-3-1-2-14(27-15)19(24)25)9-29-10-16(28-20(17)29)12-4-6-31-7-5-12;15-10-5-12(21-8-13(16)17)14-18-11(7-19(14)6-10)9-1-3-20-4-2-9;8-4-1-5(7(11)12-2-4)13-3-6(9)10;8-5-7(9)6-1-3-10-4-2-6;8-6(9)4-12-5-2-1-3-11-7(5)10/h1-3,8-10,12,18-19H,4-7,11H2,(H,26,30);5-7,9,13H,1-4,8H2;1-2,6H,3H2,(H2,11,12);6H,1-5H2;1-3,6H,4H2,(H2,10,11). The largest absolute Gasteiger partial charge is 0.484 e. The molecule has 3 aliphatic rings. The van der Waals surface area contributed by atoms with Crippen molar-refractivity contribution in [3.05, 3.63) is 117 Å². The van der Waals surface area contributed by atoms with Crippen LogP contribution in [-0.2, 0) is 19.0 Å². The van der Waals surface area contributed by atoms with Crippen LogP contribution in [0.1, 0.15) is 84.4 Å². The summed E-state index contributed by atoms with van der Waals surface area (Å²) in [6, 6.07) is 11.3. The molecule has 7 aromatic heterocycles. The lowest BCUT2D eigenvalue weighted by molar-refractivity contribution is -0.122. The highest BCUT2D eigenvalue weighted by atomic mass is 79.9. The van der Waals surface area contributed by atoms with Crippen molar-refractivity contribution in [2.24, 2.45) is 5.92 Å². The summed E-state index contributed by atoms with van der Waals surface area (Å²) in [6.07, 6.45) is 2.23. The van der Waals surface area contributed by atoms with Crippen molar-refractivity contribution in [2.45, 2.75) is 82.5 Å². The first-order valence-electron chi connectivity index (χ1n) is 27.0. The van der Waals surface area contributed by atoms with Crippen LogP contribution < -0.4 is 35.7 Å². The molecule has 7 aromatic rings. The van der Waals surface area contributed by atoms with Crippen LogP contribution in [0.25, 0.3) is 11.3 Å². The normalized spacial score (nSPS) is 14.8. The fourth-order valence-corrected chi connectivity index (χ4v) is 9.70. The Morgan fingerprint density at radius 2 is 1.06 bits per heavy atom. The monoisotopic (exact) mass is 1440 g/mol. The summed E-state index contributed by atoms with van der Waals surface area (Å²) in [5.41, 5.74) is 12.8. The number of hydrogen-bond donors (Lipinski definition) is 3. The van der Waals surface area contributed by atoms with E-state index in [0.29, 0.717) is 51.8 Å². The maximum Gasteiger partial charge on any atom is 0.280 e. The van der Waals surface area contributed by atoms with Gasteiger partial charge in [0.1, 0.15) is 43.6 Å². The molecule has 88 heavy (non-hydrogen) atoms. The van der Waals surface area contributed by atoms with E-state index in [4.69, 9.17) is 39.9 Å². The lowest BCUT2D eigenvalue weighted by atomic mass is 9.97. The van der Waals surface area contributed by atoms with Gasteiger partial charge in [-0.1, -0.05) is 22.0 Å². The number of aromatic nitrogens is 7. The molecule has 3 fully saturated rings. The number of alkyl halides is 11. The van der Waals surface area contributed by atoms with Crippen molar-refractivity contribution in [3.63, 3.8) is 0 Å². The molecule has 10 heterocycles. The van der Waals surface area contributed by atoms with E-state index in [0.717, 1.165) is 86.9 Å². The molecule has 3 aliphatic heterocycles. The Hall–Kier alpha value is -6.61. The molecule has 0 bridgehead atoms. The molecule has 0 radical (unpaired) electrons. The molecule has 0 spiro atoms. The van der Waals surface area contributed by atoms with E-state index in [-0.39, 0.29) is 52.1 Å². The Bertz CT molecular complexity index is 3290. The Balaban J connectivity index is 0.000000190. The summed E-state index contributed by atoms with van der Waals surface area (Å²) >= 11 is 9.64. The second-order valence-electron chi connectivity index (χ2n) is 19.1. The second-order valence-corrected chi connectivity index (χ2v) is 21.5. The van der Waals surface area contributed by atoms with E-state index < -0.39 is 70.2 Å². The number of pyridine rings is 5. The number of halogens is 13. The quantitative estimate of drug-likeness (QED) is 0.0504. The Morgan fingerprint density at radius 1 is 0.580 bits per heavy atom. The Morgan fingerprint density at radius 3 is 1.57 bits per heavy atom. The van der Waals surface area contributed by atoms with Crippen molar-refractivity contribution in [1.29, 1.82) is 0 Å². The Labute approximate surface area is 522 Å². The SMILES string of the molecule is FC(F)COc1cc(Br)cn2cc(C3CCOCC3)nc12.Nc1ncc(Br)cc1OCC(F)F.Nc1ncccc1OCC(F)F.O=C(CBr)C1CCOCC1.O=C(Nc1cc(OCC(F)F)c2nc(C3CCOCC3)cn2c1)c1cccc(C(F)F)n1. The summed E-state index contributed by atoms with van der Waals surface area (Å²) < 4.78 is 163. The molecule has 10 rings (SSSR count). The van der Waals surface area contributed by atoms with Crippen LogP contribution in [0, 0.1) is 5.92 Å². The first kappa shape index (κ1) is 70.5. The number of nitrogens with one attached hydrogen (secondary N) is 1. The number of ether oxygens (including phenoxy) is 7. The molecule has 480 valence electrons. The molecule has 0 saturated carbocycles. The first-order chi connectivity index (χ1) is 42.2. The van der Waals surface area contributed by atoms with Gasteiger partial charge in [0.05, 0.1) is 22.4 Å². The summed E-state index contributed by atoms with van der Waals surface area (Å²) in [5.74, 6) is 1.37. The number of carbonyl (C=O) groups is 2. The molecule has 0 atom stereocenters. The summed E-state index contributed by atoms with van der Waals surface area (Å²) in [5, 5.41) is 3.05. The smallest absolute Gasteiger partial charge is 0.280 e. The summed E-state index contributed by atoms with van der Waals surface area (Å²) in [6.45, 7) is 1.38. The van der Waals surface area contributed by atoms with Crippen molar-refractivity contribution in [2.75, 3.05) is 88.2 Å². The molecule has 1 amide bonds. The van der Waals surface area contributed by atoms with E-state index in [1.807, 2.05) is 16.8 Å². The molecule has 0 unspecified atom stereocenters. The van der Waals surface area contributed by atoms with Crippen LogP contribution >= 0.6 is 47.8 Å². The average Bonchev–Trinajstić information content (AvgIpc) is 2.39. The van der Waals surface area contributed by atoms with Gasteiger partial charge in [-0.25, -0.2) is 68.8 Å². The maximum absolute atomic E-state index is 12.9. The van der Waals surface area contributed by atoms with Crippen molar-refractivity contribution < 1.29 is 86.7 Å². The van der Waals surface area contributed by atoms with E-state index in [1.165, 1.54) is 42.7 Å². The van der Waals surface area contributed by atoms with Crippen molar-refractivity contribution in [3.8, 4) is 23.0 Å². The zero-order chi connectivity index (χ0) is 63.7. The highest BCUT2D eigenvalue weighted by Gasteiger charge is 2.24. The number of imidazole rings is 2. The maximum atomic E-state index is 12.9. The van der Waals surface area contributed by atoms with E-state index in [2.05, 4.69) is 82.8 Å². The topological polar surface area (TPSA) is 236 Å². The van der Waals surface area contributed by atoms with Gasteiger partial charge in [-0.2, -0.15) is 0 Å². The number of amides is 1. The minimum absolute atomic E-state index is 0.0655. The van der Waals surface area contributed by atoms with Gasteiger partial charge in [-0.15, -0.1) is 0 Å². The lowest BCUT2D eigenvalue weighted by Gasteiger charge is -2.19. The number of rotatable bonds is 19. The number of anilines is 3. The van der Waals surface area contributed by atoms with Crippen LogP contribution in [0.15, 0.2) is 94.7 Å². The predicted octanol–water partition coefficient (Wildman–Crippen LogP) is 12.8.